The van der Waals surface area contributed by atoms with E-state index in [0.29, 0.717) is 11.8 Å². The second kappa shape index (κ2) is 9.68. The third kappa shape index (κ3) is 4.13. The first-order valence-corrected chi connectivity index (χ1v) is 15.2. The lowest BCUT2D eigenvalue weighted by molar-refractivity contribution is -0.220. The molecular formula is C33H52O6. The molecule has 0 amide bonds. The summed E-state index contributed by atoms with van der Waals surface area (Å²) in [5, 5.41) is 22.8. The Bertz CT molecular complexity index is 1030. The number of ether oxygens (including phenoxy) is 3. The molecule has 2 N–H and O–H groups in total. The van der Waals surface area contributed by atoms with Crippen molar-refractivity contribution in [1.29, 1.82) is 0 Å². The summed E-state index contributed by atoms with van der Waals surface area (Å²) in [4.78, 5) is 11.9. The van der Waals surface area contributed by atoms with E-state index in [2.05, 4.69) is 47.3 Å². The van der Waals surface area contributed by atoms with Gasteiger partial charge in [-0.3, -0.25) is 4.79 Å². The lowest BCUT2D eigenvalue weighted by atomic mass is 9.37. The molecule has 1 heterocycles. The van der Waals surface area contributed by atoms with E-state index in [1.807, 2.05) is 6.92 Å². The van der Waals surface area contributed by atoms with E-state index in [9.17, 15) is 15.0 Å². The Balaban J connectivity index is 1.44. The normalized spacial score (nSPS) is 49.3. The minimum Gasteiger partial charge on any atom is -0.462 e. The third-order valence-electron chi connectivity index (χ3n) is 12.8. The number of aliphatic hydroxyl groups excluding tert-OH is 2. The second-order valence-electron chi connectivity index (χ2n) is 15.0. The fraction of sp³-hybridized carbons (Fsp3) is 0.848. The van der Waals surface area contributed by atoms with E-state index < -0.39 is 12.2 Å². The predicted molar refractivity (Wildman–Crippen MR) is 151 cm³/mol. The molecule has 39 heavy (non-hydrogen) atoms. The number of carbonyl (C=O) groups is 1. The first kappa shape index (κ1) is 29.3. The van der Waals surface area contributed by atoms with E-state index in [1.165, 1.54) is 12.5 Å². The van der Waals surface area contributed by atoms with Gasteiger partial charge in [0.05, 0.1) is 12.2 Å². The first-order valence-electron chi connectivity index (χ1n) is 15.2. The van der Waals surface area contributed by atoms with Crippen molar-refractivity contribution >= 4 is 5.97 Å². The van der Waals surface area contributed by atoms with Crippen LogP contribution < -0.4 is 0 Å². The number of hydrogen-bond donors (Lipinski definition) is 2. The van der Waals surface area contributed by atoms with Gasteiger partial charge in [0.25, 0.3) is 0 Å². The molecule has 5 aliphatic rings. The van der Waals surface area contributed by atoms with Crippen LogP contribution in [0.15, 0.2) is 23.8 Å². The van der Waals surface area contributed by atoms with Crippen molar-refractivity contribution in [3.63, 3.8) is 0 Å². The maximum atomic E-state index is 12.1. The quantitative estimate of drug-likeness (QED) is 0.336. The third-order valence-corrected chi connectivity index (χ3v) is 12.8. The molecule has 0 spiro atoms. The molecule has 5 rings (SSSR count). The second-order valence-corrected chi connectivity index (χ2v) is 15.0. The summed E-state index contributed by atoms with van der Waals surface area (Å²) in [6.07, 6.45) is 7.03. The zero-order chi connectivity index (χ0) is 28.7. The standard InChI is InChI=1S/C33H52O6/c1-18(2)28(36)22-16-20(29(37-9)39-22)21-10-11-23-31(21,6)14-12-24-32(7)15-13-27(38-19(3)34)30(4,5)25(32)17-26(35)33(23,24)8/h11,20-22,24-29,35-36H,1,10,12-17H2,2-9H3/t20-,21-,22+,24+,25-,26+,27+,28+,29+,31-,32+,33-/m0/s1. The van der Waals surface area contributed by atoms with Crippen LogP contribution in [0.4, 0.5) is 0 Å². The zero-order valence-corrected chi connectivity index (χ0v) is 25.5. The highest BCUT2D eigenvalue weighted by Crippen LogP contribution is 2.73. The average molecular weight is 545 g/mol. The Morgan fingerprint density at radius 3 is 2.41 bits per heavy atom. The number of hydrogen-bond acceptors (Lipinski definition) is 6. The van der Waals surface area contributed by atoms with E-state index in [0.717, 1.165) is 50.5 Å². The van der Waals surface area contributed by atoms with Crippen molar-refractivity contribution in [1.82, 2.24) is 0 Å². The molecule has 0 aromatic heterocycles. The summed E-state index contributed by atoms with van der Waals surface area (Å²) < 4.78 is 17.9. The minimum absolute atomic E-state index is 0.0479. The van der Waals surface area contributed by atoms with Crippen molar-refractivity contribution in [3.8, 4) is 0 Å². The van der Waals surface area contributed by atoms with Gasteiger partial charge in [-0.25, -0.2) is 0 Å². The Kier molecular flexibility index (Phi) is 7.27. The number of allylic oxidation sites excluding steroid dienone is 1. The van der Waals surface area contributed by atoms with Crippen LogP contribution in [0.5, 0.6) is 0 Å². The number of fused-ring (bicyclic) bond motifs is 5. The lowest BCUT2D eigenvalue weighted by Crippen LogP contribution is -2.65. The maximum Gasteiger partial charge on any atom is 0.302 e. The molecule has 0 aromatic rings. The van der Waals surface area contributed by atoms with Crippen LogP contribution in [0.3, 0.4) is 0 Å². The highest BCUT2D eigenvalue weighted by atomic mass is 16.7. The van der Waals surface area contributed by atoms with Gasteiger partial charge < -0.3 is 24.4 Å². The van der Waals surface area contributed by atoms with Crippen LogP contribution in [0.1, 0.15) is 93.4 Å². The SMILES string of the molecule is C=C(C)[C@@H](O)[C@H]1C[C@@H]([C@@H]2CC=C3[C@]4(C)[C@H](O)C[C@H]5C(C)(C)[C@H](OC(C)=O)CC[C@]5(C)[C@H]4CC[C@]32C)[C@H](OC)O1. The number of aliphatic hydroxyl groups is 2. The summed E-state index contributed by atoms with van der Waals surface area (Å²) in [5.41, 5.74) is 1.68. The number of carbonyl (C=O) groups excluding carboxylic acids is 1. The van der Waals surface area contributed by atoms with Crippen molar-refractivity contribution in [2.24, 2.45) is 45.3 Å². The molecular weight excluding hydrogens is 492 g/mol. The number of esters is 1. The van der Waals surface area contributed by atoms with Crippen LogP contribution in [-0.2, 0) is 19.0 Å². The van der Waals surface area contributed by atoms with Crippen LogP contribution in [0.25, 0.3) is 0 Å². The smallest absolute Gasteiger partial charge is 0.302 e. The fourth-order valence-electron chi connectivity index (χ4n) is 10.8. The summed E-state index contributed by atoms with van der Waals surface area (Å²) in [6.45, 7) is 19.0. The van der Waals surface area contributed by atoms with E-state index in [1.54, 1.807) is 7.11 Å². The topological polar surface area (TPSA) is 85.2 Å². The Morgan fingerprint density at radius 1 is 1.10 bits per heavy atom. The number of rotatable bonds is 5. The summed E-state index contributed by atoms with van der Waals surface area (Å²) in [7, 11) is 1.71. The van der Waals surface area contributed by atoms with Gasteiger partial charge in [0, 0.05) is 30.8 Å². The molecule has 0 bridgehead atoms. The van der Waals surface area contributed by atoms with Gasteiger partial charge in [-0.15, -0.1) is 0 Å². The molecule has 3 saturated carbocycles. The van der Waals surface area contributed by atoms with E-state index >= 15 is 0 Å². The largest absolute Gasteiger partial charge is 0.462 e. The fourth-order valence-corrected chi connectivity index (χ4v) is 10.8. The molecule has 1 saturated heterocycles. The van der Waals surface area contributed by atoms with Gasteiger partial charge in [0.2, 0.25) is 0 Å². The highest BCUT2D eigenvalue weighted by molar-refractivity contribution is 5.66. The highest BCUT2D eigenvalue weighted by Gasteiger charge is 2.69. The Labute approximate surface area is 235 Å². The summed E-state index contributed by atoms with van der Waals surface area (Å²) in [6, 6.07) is 0. The monoisotopic (exact) mass is 544 g/mol. The van der Waals surface area contributed by atoms with Gasteiger partial charge in [-0.2, -0.15) is 0 Å². The van der Waals surface area contributed by atoms with Crippen molar-refractivity contribution in [3.05, 3.63) is 23.8 Å². The molecule has 0 aromatic carbocycles. The van der Waals surface area contributed by atoms with E-state index in [-0.39, 0.29) is 58.0 Å². The molecule has 0 unspecified atom stereocenters. The van der Waals surface area contributed by atoms with Crippen molar-refractivity contribution in [2.75, 3.05) is 7.11 Å². The van der Waals surface area contributed by atoms with Gasteiger partial charge >= 0.3 is 5.97 Å². The molecule has 4 aliphatic carbocycles. The molecule has 1 aliphatic heterocycles. The predicted octanol–water partition coefficient (Wildman–Crippen LogP) is 5.81. The number of methoxy groups -OCH3 is 1. The Hall–Kier alpha value is -1.21. The summed E-state index contributed by atoms with van der Waals surface area (Å²) in [5.74, 6) is 0.951. The molecule has 220 valence electrons. The summed E-state index contributed by atoms with van der Waals surface area (Å²) >= 11 is 0. The van der Waals surface area contributed by atoms with Gasteiger partial charge in [0.15, 0.2) is 6.29 Å². The van der Waals surface area contributed by atoms with Crippen LogP contribution >= 0.6 is 0 Å². The van der Waals surface area contributed by atoms with Gasteiger partial charge in [-0.05, 0) is 86.0 Å². The zero-order valence-electron chi connectivity index (χ0n) is 25.5. The van der Waals surface area contributed by atoms with Gasteiger partial charge in [-0.1, -0.05) is 52.8 Å². The lowest BCUT2D eigenvalue weighted by Gasteiger charge is -2.68. The van der Waals surface area contributed by atoms with E-state index in [4.69, 9.17) is 14.2 Å². The van der Waals surface area contributed by atoms with Crippen molar-refractivity contribution in [2.45, 2.75) is 124 Å². The molecule has 6 nitrogen and oxygen atoms in total. The average Bonchev–Trinajstić information content (AvgIpc) is 3.43. The maximum absolute atomic E-state index is 12.1. The van der Waals surface area contributed by atoms with Crippen LogP contribution in [0, 0.1) is 45.3 Å². The molecule has 0 radical (unpaired) electrons. The van der Waals surface area contributed by atoms with Crippen LogP contribution in [-0.4, -0.2) is 54.0 Å². The molecule has 4 fully saturated rings. The van der Waals surface area contributed by atoms with Gasteiger partial charge in [0.1, 0.15) is 12.2 Å². The molecule has 12 atom stereocenters. The molecule has 6 heteroatoms. The van der Waals surface area contributed by atoms with Crippen LogP contribution in [0.2, 0.25) is 0 Å². The minimum atomic E-state index is -0.690. The van der Waals surface area contributed by atoms with Crippen molar-refractivity contribution < 1.29 is 29.2 Å². The first-order chi connectivity index (χ1) is 18.1. The Morgan fingerprint density at radius 2 is 1.79 bits per heavy atom.